The first-order chi connectivity index (χ1) is 17.5. The largest absolute Gasteiger partial charge is 0.385 e. The van der Waals surface area contributed by atoms with Crippen molar-refractivity contribution in [3.63, 3.8) is 0 Å². The zero-order valence-corrected chi connectivity index (χ0v) is 20.4. The fourth-order valence-corrected chi connectivity index (χ4v) is 4.88. The Labute approximate surface area is 212 Å². The van der Waals surface area contributed by atoms with Crippen molar-refractivity contribution in [3.8, 4) is 21.8 Å². The summed E-state index contributed by atoms with van der Waals surface area (Å²) in [5.74, 6) is -1.09. The lowest BCUT2D eigenvalue weighted by Crippen LogP contribution is -2.31. The highest BCUT2D eigenvalue weighted by atomic mass is 32.1. The third-order valence-electron chi connectivity index (χ3n) is 5.93. The SMILES string of the molecule is COCCCN1C(=O)c2ccc(C(=O)Nc3ccc(-c4csc(-c5ccccc5)n4)cc3)cc2C1=O. The molecule has 8 heteroatoms. The number of nitrogens with one attached hydrogen (secondary N) is 1. The maximum Gasteiger partial charge on any atom is 0.261 e. The van der Waals surface area contributed by atoms with Gasteiger partial charge >= 0.3 is 0 Å². The van der Waals surface area contributed by atoms with Gasteiger partial charge in [-0.15, -0.1) is 11.3 Å². The zero-order chi connectivity index (χ0) is 25.1. The number of aromatic nitrogens is 1. The quantitative estimate of drug-likeness (QED) is 0.261. The molecule has 5 rings (SSSR count). The van der Waals surface area contributed by atoms with Crippen LogP contribution in [-0.2, 0) is 4.74 Å². The first-order valence-electron chi connectivity index (χ1n) is 11.5. The molecule has 1 aliphatic rings. The number of carbonyl (C=O) groups excluding carboxylic acids is 3. The van der Waals surface area contributed by atoms with Crippen molar-refractivity contribution in [3.05, 3.63) is 94.9 Å². The van der Waals surface area contributed by atoms with Crippen molar-refractivity contribution in [1.82, 2.24) is 9.88 Å². The predicted molar refractivity (Wildman–Crippen MR) is 139 cm³/mol. The molecule has 3 aromatic carbocycles. The Morgan fingerprint density at radius 1 is 0.944 bits per heavy atom. The maximum absolute atomic E-state index is 12.9. The van der Waals surface area contributed by atoms with E-state index in [0.29, 0.717) is 29.8 Å². The number of ether oxygens (including phenoxy) is 1. The van der Waals surface area contributed by atoms with Gasteiger partial charge < -0.3 is 10.1 Å². The summed E-state index contributed by atoms with van der Waals surface area (Å²) in [6.45, 7) is 0.733. The molecule has 0 radical (unpaired) electrons. The van der Waals surface area contributed by atoms with E-state index in [9.17, 15) is 14.4 Å². The minimum atomic E-state index is -0.386. The van der Waals surface area contributed by atoms with Crippen molar-refractivity contribution in [2.24, 2.45) is 0 Å². The molecular weight excluding hydrogens is 474 g/mol. The molecule has 180 valence electrons. The maximum atomic E-state index is 12.9. The molecule has 2 heterocycles. The van der Waals surface area contributed by atoms with Gasteiger partial charge in [-0.2, -0.15) is 0 Å². The van der Waals surface area contributed by atoms with E-state index in [-0.39, 0.29) is 29.8 Å². The second-order valence-electron chi connectivity index (χ2n) is 8.30. The van der Waals surface area contributed by atoms with Gasteiger partial charge in [0.25, 0.3) is 17.7 Å². The summed E-state index contributed by atoms with van der Waals surface area (Å²) < 4.78 is 5.00. The summed E-state index contributed by atoms with van der Waals surface area (Å²) in [6.07, 6.45) is 0.555. The number of methoxy groups -OCH3 is 1. The Morgan fingerprint density at radius 2 is 1.69 bits per heavy atom. The summed E-state index contributed by atoms with van der Waals surface area (Å²) in [6, 6.07) is 22.0. The number of hydrogen-bond donors (Lipinski definition) is 1. The van der Waals surface area contributed by atoms with E-state index in [1.165, 1.54) is 17.0 Å². The van der Waals surface area contributed by atoms with Gasteiger partial charge in [0.15, 0.2) is 0 Å². The number of nitrogens with zero attached hydrogens (tertiary/aromatic N) is 2. The van der Waals surface area contributed by atoms with Crippen LogP contribution in [0.2, 0.25) is 0 Å². The lowest BCUT2D eigenvalue weighted by molar-refractivity contribution is 0.0638. The highest BCUT2D eigenvalue weighted by Crippen LogP contribution is 2.30. The number of thiazole rings is 1. The van der Waals surface area contributed by atoms with E-state index >= 15 is 0 Å². The summed E-state index contributed by atoms with van der Waals surface area (Å²) in [5, 5.41) is 5.82. The van der Waals surface area contributed by atoms with Crippen molar-refractivity contribution < 1.29 is 19.1 Å². The van der Waals surface area contributed by atoms with Crippen LogP contribution in [0, 0.1) is 0 Å². The Kier molecular flexibility index (Phi) is 6.71. The molecule has 0 atom stereocenters. The van der Waals surface area contributed by atoms with E-state index in [4.69, 9.17) is 9.72 Å². The fraction of sp³-hybridized carbons (Fsp3) is 0.143. The molecule has 1 aromatic heterocycles. The normalized spacial score (nSPS) is 12.6. The van der Waals surface area contributed by atoms with E-state index in [1.807, 2.05) is 60.0 Å². The highest BCUT2D eigenvalue weighted by molar-refractivity contribution is 7.13. The second kappa shape index (κ2) is 10.2. The van der Waals surface area contributed by atoms with Crippen LogP contribution in [0.15, 0.2) is 78.2 Å². The van der Waals surface area contributed by atoms with Gasteiger partial charge in [0.2, 0.25) is 0 Å². The molecule has 0 unspecified atom stereocenters. The molecule has 0 saturated heterocycles. The lowest BCUT2D eigenvalue weighted by atomic mass is 10.1. The first kappa shape index (κ1) is 23.6. The number of imide groups is 1. The Balaban J connectivity index is 1.27. The van der Waals surface area contributed by atoms with Gasteiger partial charge in [-0.25, -0.2) is 4.98 Å². The number of anilines is 1. The molecule has 0 saturated carbocycles. The van der Waals surface area contributed by atoms with Crippen molar-refractivity contribution in [2.45, 2.75) is 6.42 Å². The van der Waals surface area contributed by atoms with E-state index in [0.717, 1.165) is 21.8 Å². The summed E-state index contributed by atoms with van der Waals surface area (Å²) in [4.78, 5) is 44.1. The number of carbonyl (C=O) groups is 3. The first-order valence-corrected chi connectivity index (χ1v) is 12.3. The molecule has 0 fully saturated rings. The van der Waals surface area contributed by atoms with Crippen LogP contribution in [0.5, 0.6) is 0 Å². The van der Waals surface area contributed by atoms with Crippen molar-refractivity contribution >= 4 is 34.7 Å². The summed E-state index contributed by atoms with van der Waals surface area (Å²) >= 11 is 1.58. The molecule has 36 heavy (non-hydrogen) atoms. The van der Waals surface area contributed by atoms with Crippen LogP contribution >= 0.6 is 11.3 Å². The minimum Gasteiger partial charge on any atom is -0.385 e. The molecule has 1 N–H and O–H groups in total. The zero-order valence-electron chi connectivity index (χ0n) is 19.6. The minimum absolute atomic E-state index is 0.248. The monoisotopic (exact) mass is 497 g/mol. The van der Waals surface area contributed by atoms with Gasteiger partial charge in [-0.05, 0) is 36.8 Å². The molecule has 0 bridgehead atoms. The average Bonchev–Trinajstić information content (AvgIpc) is 3.49. The van der Waals surface area contributed by atoms with E-state index in [2.05, 4.69) is 5.32 Å². The van der Waals surface area contributed by atoms with Crippen LogP contribution in [-0.4, -0.2) is 47.9 Å². The third-order valence-corrected chi connectivity index (χ3v) is 6.82. The van der Waals surface area contributed by atoms with Gasteiger partial charge in [-0.1, -0.05) is 42.5 Å². The second-order valence-corrected chi connectivity index (χ2v) is 9.16. The Bertz CT molecular complexity index is 1430. The van der Waals surface area contributed by atoms with Gasteiger partial charge in [-0.3, -0.25) is 19.3 Å². The number of hydrogen-bond acceptors (Lipinski definition) is 6. The summed E-state index contributed by atoms with van der Waals surface area (Å²) in [7, 11) is 1.57. The fourth-order valence-electron chi connectivity index (χ4n) is 4.05. The van der Waals surface area contributed by atoms with E-state index < -0.39 is 0 Å². The number of benzene rings is 3. The molecule has 4 aromatic rings. The van der Waals surface area contributed by atoms with Crippen molar-refractivity contribution in [1.29, 1.82) is 0 Å². The number of rotatable bonds is 8. The lowest BCUT2D eigenvalue weighted by Gasteiger charge is -2.12. The topological polar surface area (TPSA) is 88.6 Å². The van der Waals surface area contributed by atoms with Crippen LogP contribution in [0.3, 0.4) is 0 Å². The molecule has 1 aliphatic heterocycles. The molecule has 0 aliphatic carbocycles. The molecule has 3 amide bonds. The molecule has 7 nitrogen and oxygen atoms in total. The number of amides is 3. The van der Waals surface area contributed by atoms with Crippen molar-refractivity contribution in [2.75, 3.05) is 25.6 Å². The average molecular weight is 498 g/mol. The molecule has 0 spiro atoms. The van der Waals surface area contributed by atoms with E-state index in [1.54, 1.807) is 24.5 Å². The van der Waals surface area contributed by atoms with Crippen LogP contribution < -0.4 is 5.32 Å². The molecular formula is C28H23N3O4S. The predicted octanol–water partition coefficient (Wildman–Crippen LogP) is 5.36. The van der Waals surface area contributed by atoms with Crippen LogP contribution in [0.25, 0.3) is 21.8 Å². The third kappa shape index (κ3) is 4.68. The smallest absolute Gasteiger partial charge is 0.261 e. The van der Waals surface area contributed by atoms with Crippen LogP contribution in [0.4, 0.5) is 5.69 Å². The Morgan fingerprint density at radius 3 is 2.44 bits per heavy atom. The van der Waals surface area contributed by atoms with Gasteiger partial charge in [0.05, 0.1) is 16.8 Å². The van der Waals surface area contributed by atoms with Gasteiger partial charge in [0, 0.05) is 48.0 Å². The summed E-state index contributed by atoms with van der Waals surface area (Å²) in [5.41, 5.74) is 4.38. The van der Waals surface area contributed by atoms with Gasteiger partial charge in [0.1, 0.15) is 5.01 Å². The number of fused-ring (bicyclic) bond motifs is 1. The highest BCUT2D eigenvalue weighted by Gasteiger charge is 2.35. The standard InChI is InChI=1S/C28H23N3O4S/c1-35-15-5-14-31-27(33)22-13-10-20(16-23(22)28(31)34)25(32)29-21-11-8-18(9-12-21)24-17-36-26(30-24)19-6-3-2-4-7-19/h2-4,6-13,16-17H,5,14-15H2,1H3,(H,29,32). The Hall–Kier alpha value is -4.14. The van der Waals surface area contributed by atoms with Crippen LogP contribution in [0.1, 0.15) is 37.5 Å².